The van der Waals surface area contributed by atoms with Crippen molar-refractivity contribution in [3.63, 3.8) is 0 Å². The zero-order valence-corrected chi connectivity index (χ0v) is 19.4. The fraction of sp³-hybridized carbons (Fsp3) is 0.348. The Morgan fingerprint density at radius 3 is 2.44 bits per heavy atom. The van der Waals surface area contributed by atoms with Crippen LogP contribution in [-0.4, -0.2) is 33.5 Å². The number of carbonyl (C=O) groups is 1. The molecule has 1 N–H and O–H groups in total. The Morgan fingerprint density at radius 2 is 1.78 bits per heavy atom. The minimum absolute atomic E-state index is 0.0773. The lowest BCUT2D eigenvalue weighted by Gasteiger charge is -2.19. The Balaban J connectivity index is 1.63. The zero-order chi connectivity index (χ0) is 23.1. The number of nitrogens with zero attached hydrogens (tertiary/aromatic N) is 3. The fourth-order valence-electron chi connectivity index (χ4n) is 3.09. The van der Waals surface area contributed by atoms with Crippen LogP contribution in [-0.2, 0) is 11.3 Å². The van der Waals surface area contributed by atoms with Gasteiger partial charge in [0.25, 0.3) is 0 Å². The number of aromatic nitrogens is 3. The number of hydrogen-bond donors (Lipinski definition) is 1. The molecule has 1 atom stereocenters. The molecule has 7 nitrogen and oxygen atoms in total. The lowest BCUT2D eigenvalue weighted by Crippen LogP contribution is -2.24. The van der Waals surface area contributed by atoms with E-state index in [0.29, 0.717) is 29.0 Å². The second-order valence-electron chi connectivity index (χ2n) is 7.41. The highest BCUT2D eigenvalue weighted by Crippen LogP contribution is 2.32. The van der Waals surface area contributed by atoms with E-state index in [1.807, 2.05) is 49.6 Å². The maximum absolute atomic E-state index is 13.0. The third-order valence-electron chi connectivity index (χ3n) is 4.68. The van der Waals surface area contributed by atoms with E-state index >= 15 is 0 Å². The second kappa shape index (κ2) is 11.0. The average molecular weight is 459 g/mol. The number of para-hydroxylation sites is 2. The van der Waals surface area contributed by atoms with Gasteiger partial charge in [0, 0.05) is 12.6 Å². The van der Waals surface area contributed by atoms with Crippen LogP contribution in [0, 0.1) is 5.82 Å². The number of amides is 1. The van der Waals surface area contributed by atoms with Crippen molar-refractivity contribution in [2.45, 2.75) is 44.6 Å². The van der Waals surface area contributed by atoms with Gasteiger partial charge in [0.15, 0.2) is 28.6 Å². The molecule has 3 rings (SSSR count). The molecule has 0 aliphatic heterocycles. The van der Waals surface area contributed by atoms with Crippen molar-refractivity contribution >= 4 is 17.7 Å². The number of rotatable bonds is 10. The number of ether oxygens (including phenoxy) is 2. The standard InChI is InChI=1S/C23H27FN4O3S/c1-15(2)28-22(16(3)31-20-8-6-5-7-19(20)30-4)26-27-23(28)32-14-21(29)25-13-17-9-11-18(24)12-10-17/h5-12,15-16H,13-14H2,1-4H3,(H,25,29). The SMILES string of the molecule is COc1ccccc1OC(C)c1nnc(SCC(=O)NCc2ccc(F)cc2)n1C(C)C. The molecule has 0 bridgehead atoms. The summed E-state index contributed by atoms with van der Waals surface area (Å²) in [6.07, 6.45) is -0.372. The highest BCUT2D eigenvalue weighted by atomic mass is 32.2. The van der Waals surface area contributed by atoms with Crippen molar-refractivity contribution in [2.24, 2.45) is 0 Å². The van der Waals surface area contributed by atoms with Gasteiger partial charge in [0.05, 0.1) is 12.9 Å². The van der Waals surface area contributed by atoms with Crippen LogP contribution in [0.15, 0.2) is 53.7 Å². The van der Waals surface area contributed by atoms with Gasteiger partial charge in [0.2, 0.25) is 5.91 Å². The summed E-state index contributed by atoms with van der Waals surface area (Å²) in [6.45, 7) is 6.30. The molecule has 0 spiro atoms. The summed E-state index contributed by atoms with van der Waals surface area (Å²) >= 11 is 1.31. The zero-order valence-electron chi connectivity index (χ0n) is 18.5. The van der Waals surface area contributed by atoms with E-state index in [9.17, 15) is 9.18 Å². The van der Waals surface area contributed by atoms with Crippen LogP contribution in [0.25, 0.3) is 0 Å². The van der Waals surface area contributed by atoms with Crippen LogP contribution in [0.1, 0.15) is 44.3 Å². The first-order valence-corrected chi connectivity index (χ1v) is 11.3. The average Bonchev–Trinajstić information content (AvgIpc) is 3.22. The van der Waals surface area contributed by atoms with E-state index in [0.717, 1.165) is 5.56 Å². The number of nitrogens with one attached hydrogen (secondary N) is 1. The number of benzene rings is 2. The second-order valence-corrected chi connectivity index (χ2v) is 8.35. The molecule has 0 saturated heterocycles. The molecule has 1 aromatic heterocycles. The molecule has 0 saturated carbocycles. The van der Waals surface area contributed by atoms with Crippen LogP contribution in [0.5, 0.6) is 11.5 Å². The summed E-state index contributed by atoms with van der Waals surface area (Å²) in [7, 11) is 1.60. The van der Waals surface area contributed by atoms with Crippen LogP contribution in [0.2, 0.25) is 0 Å². The largest absolute Gasteiger partial charge is 0.493 e. The fourth-order valence-corrected chi connectivity index (χ4v) is 4.00. The molecule has 0 aliphatic carbocycles. The maximum atomic E-state index is 13.0. The lowest BCUT2D eigenvalue weighted by atomic mass is 10.2. The predicted octanol–water partition coefficient (Wildman–Crippen LogP) is 4.56. The number of hydrogen-bond acceptors (Lipinski definition) is 6. The van der Waals surface area contributed by atoms with Gasteiger partial charge >= 0.3 is 0 Å². The molecule has 9 heteroatoms. The summed E-state index contributed by atoms with van der Waals surface area (Å²) in [5.41, 5.74) is 0.833. The number of carbonyl (C=O) groups excluding carboxylic acids is 1. The van der Waals surface area contributed by atoms with Gasteiger partial charge in [0.1, 0.15) is 5.82 Å². The molecule has 0 aliphatic rings. The predicted molar refractivity (Wildman–Crippen MR) is 121 cm³/mol. The summed E-state index contributed by atoms with van der Waals surface area (Å²) in [5, 5.41) is 12.1. The molecule has 170 valence electrons. The molecular weight excluding hydrogens is 431 g/mol. The molecular formula is C23H27FN4O3S. The Morgan fingerprint density at radius 1 is 1.09 bits per heavy atom. The van der Waals surface area contributed by atoms with Crippen LogP contribution in [0.4, 0.5) is 4.39 Å². The van der Waals surface area contributed by atoms with Gasteiger partial charge < -0.3 is 19.4 Å². The Labute approximate surface area is 191 Å². The Hall–Kier alpha value is -3.07. The van der Waals surface area contributed by atoms with Gasteiger partial charge in [-0.25, -0.2) is 4.39 Å². The summed E-state index contributed by atoms with van der Waals surface area (Å²) < 4.78 is 26.4. The molecule has 1 heterocycles. The van der Waals surface area contributed by atoms with Crippen LogP contribution in [0.3, 0.4) is 0 Å². The maximum Gasteiger partial charge on any atom is 0.230 e. The van der Waals surface area contributed by atoms with Gasteiger partial charge in [-0.1, -0.05) is 36.0 Å². The molecule has 3 aromatic rings. The minimum Gasteiger partial charge on any atom is -0.493 e. The van der Waals surface area contributed by atoms with E-state index in [4.69, 9.17) is 9.47 Å². The molecule has 1 amide bonds. The first-order valence-electron chi connectivity index (χ1n) is 10.3. The van der Waals surface area contributed by atoms with E-state index in [1.165, 1.54) is 23.9 Å². The smallest absolute Gasteiger partial charge is 0.230 e. The summed E-state index contributed by atoms with van der Waals surface area (Å²) in [5.74, 6) is 1.67. The first kappa shape index (κ1) is 23.6. The third kappa shape index (κ3) is 6.00. The molecule has 1 unspecified atom stereocenters. The van der Waals surface area contributed by atoms with E-state index < -0.39 is 0 Å². The Kier molecular flexibility index (Phi) is 8.10. The molecule has 2 aromatic carbocycles. The number of thioether (sulfide) groups is 1. The monoisotopic (exact) mass is 458 g/mol. The van der Waals surface area contributed by atoms with E-state index in [-0.39, 0.29) is 29.6 Å². The van der Waals surface area contributed by atoms with Crippen molar-refractivity contribution < 1.29 is 18.7 Å². The summed E-state index contributed by atoms with van der Waals surface area (Å²) in [4.78, 5) is 12.3. The summed E-state index contributed by atoms with van der Waals surface area (Å²) in [6, 6.07) is 13.5. The molecule has 0 fully saturated rings. The topological polar surface area (TPSA) is 78.3 Å². The van der Waals surface area contributed by atoms with Crippen LogP contribution >= 0.6 is 11.8 Å². The van der Waals surface area contributed by atoms with Gasteiger partial charge in [-0.3, -0.25) is 4.79 Å². The van der Waals surface area contributed by atoms with Crippen molar-refractivity contribution in [1.82, 2.24) is 20.1 Å². The van der Waals surface area contributed by atoms with Crippen LogP contribution < -0.4 is 14.8 Å². The van der Waals surface area contributed by atoms with Crippen molar-refractivity contribution in [1.29, 1.82) is 0 Å². The lowest BCUT2D eigenvalue weighted by molar-refractivity contribution is -0.118. The minimum atomic E-state index is -0.372. The molecule has 32 heavy (non-hydrogen) atoms. The van der Waals surface area contributed by atoms with E-state index in [2.05, 4.69) is 15.5 Å². The Bertz CT molecular complexity index is 1040. The van der Waals surface area contributed by atoms with Crippen molar-refractivity contribution in [3.8, 4) is 11.5 Å². The van der Waals surface area contributed by atoms with Gasteiger partial charge in [-0.05, 0) is 50.6 Å². The number of halogens is 1. The third-order valence-corrected chi connectivity index (χ3v) is 5.62. The van der Waals surface area contributed by atoms with E-state index in [1.54, 1.807) is 19.2 Å². The first-order chi connectivity index (χ1) is 15.4. The van der Waals surface area contributed by atoms with Gasteiger partial charge in [-0.15, -0.1) is 10.2 Å². The van der Waals surface area contributed by atoms with Crippen molar-refractivity contribution in [2.75, 3.05) is 12.9 Å². The highest BCUT2D eigenvalue weighted by molar-refractivity contribution is 7.99. The quantitative estimate of drug-likeness (QED) is 0.449. The van der Waals surface area contributed by atoms with Crippen molar-refractivity contribution in [3.05, 3.63) is 65.7 Å². The highest BCUT2D eigenvalue weighted by Gasteiger charge is 2.22. The number of methoxy groups -OCH3 is 1. The molecule has 0 radical (unpaired) electrons. The van der Waals surface area contributed by atoms with Gasteiger partial charge in [-0.2, -0.15) is 0 Å². The normalized spacial score (nSPS) is 11.9.